The van der Waals surface area contributed by atoms with Gasteiger partial charge in [0.25, 0.3) is 0 Å². The highest BCUT2D eigenvalue weighted by molar-refractivity contribution is 5.29. The first kappa shape index (κ1) is 13.3. The van der Waals surface area contributed by atoms with E-state index in [2.05, 4.69) is 17.2 Å². The van der Waals surface area contributed by atoms with Gasteiger partial charge in [0.1, 0.15) is 11.9 Å². The molecule has 1 unspecified atom stereocenters. The number of nitrogens with zero attached hydrogens (tertiary/aromatic N) is 1. The molecular formula is C14H22N2O2. The van der Waals surface area contributed by atoms with E-state index in [4.69, 9.17) is 9.47 Å². The maximum Gasteiger partial charge on any atom is 0.142 e. The van der Waals surface area contributed by atoms with Crippen LogP contribution in [-0.2, 0) is 11.3 Å². The second-order valence-corrected chi connectivity index (χ2v) is 4.68. The van der Waals surface area contributed by atoms with E-state index >= 15 is 0 Å². The van der Waals surface area contributed by atoms with Crippen LogP contribution >= 0.6 is 0 Å². The minimum atomic E-state index is 0.180. The summed E-state index contributed by atoms with van der Waals surface area (Å²) in [6, 6.07) is 4.01. The molecule has 2 heterocycles. The van der Waals surface area contributed by atoms with Crippen molar-refractivity contribution in [3.05, 3.63) is 23.5 Å². The molecule has 0 bridgehead atoms. The summed E-state index contributed by atoms with van der Waals surface area (Å²) in [7, 11) is 0. The van der Waals surface area contributed by atoms with Crippen molar-refractivity contribution < 1.29 is 9.47 Å². The third-order valence-electron chi connectivity index (χ3n) is 2.97. The van der Waals surface area contributed by atoms with Gasteiger partial charge in [-0.05, 0) is 32.0 Å². The minimum Gasteiger partial charge on any atom is -0.486 e. The summed E-state index contributed by atoms with van der Waals surface area (Å²) in [6.45, 7) is 7.42. The Labute approximate surface area is 109 Å². The number of aryl methyl sites for hydroxylation is 1. The topological polar surface area (TPSA) is 43.4 Å². The average molecular weight is 250 g/mol. The van der Waals surface area contributed by atoms with Crippen LogP contribution in [0.5, 0.6) is 5.75 Å². The van der Waals surface area contributed by atoms with Gasteiger partial charge >= 0.3 is 0 Å². The van der Waals surface area contributed by atoms with Gasteiger partial charge in [0.05, 0.1) is 18.9 Å². The van der Waals surface area contributed by atoms with E-state index in [1.165, 1.54) is 0 Å². The van der Waals surface area contributed by atoms with Crippen LogP contribution < -0.4 is 10.1 Å². The molecule has 1 aromatic heterocycles. The van der Waals surface area contributed by atoms with Crippen LogP contribution in [0.3, 0.4) is 0 Å². The smallest absolute Gasteiger partial charge is 0.142 e. The number of ether oxygens (including phenoxy) is 2. The molecule has 0 aliphatic carbocycles. The van der Waals surface area contributed by atoms with E-state index < -0.39 is 0 Å². The summed E-state index contributed by atoms with van der Waals surface area (Å²) in [6.07, 6.45) is 2.27. The molecule has 4 heteroatoms. The van der Waals surface area contributed by atoms with E-state index in [1.807, 2.05) is 19.1 Å². The summed E-state index contributed by atoms with van der Waals surface area (Å²) < 4.78 is 11.3. The van der Waals surface area contributed by atoms with Crippen molar-refractivity contribution in [2.24, 2.45) is 0 Å². The largest absolute Gasteiger partial charge is 0.486 e. The summed E-state index contributed by atoms with van der Waals surface area (Å²) in [5.41, 5.74) is 2.02. The number of hydrogen-bond acceptors (Lipinski definition) is 4. The Morgan fingerprint density at radius 3 is 3.11 bits per heavy atom. The lowest BCUT2D eigenvalue weighted by molar-refractivity contribution is 0.140. The Bertz CT molecular complexity index is 376. The number of aromatic nitrogens is 1. The fraction of sp³-hybridized carbons (Fsp3) is 0.643. The zero-order valence-electron chi connectivity index (χ0n) is 11.2. The Hall–Kier alpha value is -1.13. The molecule has 1 aliphatic heterocycles. The molecular weight excluding hydrogens is 228 g/mol. The molecule has 2 rings (SSSR count). The fourth-order valence-electron chi connectivity index (χ4n) is 2.00. The summed E-state index contributed by atoms with van der Waals surface area (Å²) in [4.78, 5) is 4.56. The molecule has 0 spiro atoms. The van der Waals surface area contributed by atoms with E-state index in [0.29, 0.717) is 6.61 Å². The number of hydrogen-bond donors (Lipinski definition) is 1. The van der Waals surface area contributed by atoms with Crippen molar-refractivity contribution >= 4 is 0 Å². The van der Waals surface area contributed by atoms with Crippen molar-refractivity contribution in [3.8, 4) is 5.75 Å². The summed E-state index contributed by atoms with van der Waals surface area (Å²) in [5.74, 6) is 0.889. The van der Waals surface area contributed by atoms with Crippen molar-refractivity contribution in [2.45, 2.75) is 39.3 Å². The second kappa shape index (κ2) is 6.71. The maximum atomic E-state index is 5.96. The molecule has 1 saturated heterocycles. The molecule has 1 fully saturated rings. The minimum absolute atomic E-state index is 0.180. The van der Waals surface area contributed by atoms with Gasteiger partial charge in [-0.25, -0.2) is 0 Å². The molecule has 0 amide bonds. The van der Waals surface area contributed by atoms with Crippen LogP contribution in [0.15, 0.2) is 12.1 Å². The van der Waals surface area contributed by atoms with Crippen molar-refractivity contribution in [2.75, 3.05) is 19.8 Å². The Morgan fingerprint density at radius 1 is 1.50 bits per heavy atom. The van der Waals surface area contributed by atoms with Gasteiger partial charge < -0.3 is 14.8 Å². The third-order valence-corrected chi connectivity index (χ3v) is 2.97. The fourth-order valence-corrected chi connectivity index (χ4v) is 2.00. The summed E-state index contributed by atoms with van der Waals surface area (Å²) in [5, 5.41) is 3.37. The van der Waals surface area contributed by atoms with Gasteiger partial charge in [-0.1, -0.05) is 6.92 Å². The van der Waals surface area contributed by atoms with Crippen LogP contribution in [0.4, 0.5) is 0 Å². The van der Waals surface area contributed by atoms with Crippen molar-refractivity contribution in [1.29, 1.82) is 0 Å². The SMILES string of the molecule is CCCNCc1nc(C)ccc1OC1CCOC1. The zero-order chi connectivity index (χ0) is 12.8. The molecule has 0 radical (unpaired) electrons. The number of pyridine rings is 1. The average Bonchev–Trinajstić information content (AvgIpc) is 2.86. The van der Waals surface area contributed by atoms with Gasteiger partial charge in [-0.3, -0.25) is 4.98 Å². The van der Waals surface area contributed by atoms with Gasteiger partial charge in [-0.15, -0.1) is 0 Å². The van der Waals surface area contributed by atoms with E-state index in [9.17, 15) is 0 Å². The molecule has 1 atom stereocenters. The predicted octanol–water partition coefficient (Wildman–Crippen LogP) is 2.06. The molecule has 1 aliphatic rings. The van der Waals surface area contributed by atoms with Crippen LogP contribution in [-0.4, -0.2) is 30.8 Å². The van der Waals surface area contributed by atoms with Crippen LogP contribution in [0.2, 0.25) is 0 Å². The standard InChI is InChI=1S/C14H22N2O2/c1-3-7-15-9-13-14(5-4-11(2)16-13)18-12-6-8-17-10-12/h4-5,12,15H,3,6-10H2,1-2H3. The zero-order valence-corrected chi connectivity index (χ0v) is 11.2. The first-order valence-electron chi connectivity index (χ1n) is 6.71. The van der Waals surface area contributed by atoms with Crippen LogP contribution in [0.25, 0.3) is 0 Å². The lowest BCUT2D eigenvalue weighted by atomic mass is 10.2. The third kappa shape index (κ3) is 3.68. The quantitative estimate of drug-likeness (QED) is 0.785. The molecule has 0 saturated carbocycles. The van der Waals surface area contributed by atoms with Crippen LogP contribution in [0, 0.1) is 6.92 Å². The first-order chi connectivity index (χ1) is 8.79. The molecule has 0 aromatic carbocycles. The lowest BCUT2D eigenvalue weighted by Gasteiger charge is -2.15. The van der Waals surface area contributed by atoms with Crippen molar-refractivity contribution in [3.63, 3.8) is 0 Å². The second-order valence-electron chi connectivity index (χ2n) is 4.68. The molecule has 4 nitrogen and oxygen atoms in total. The molecule has 100 valence electrons. The van der Waals surface area contributed by atoms with E-state index in [-0.39, 0.29) is 6.10 Å². The monoisotopic (exact) mass is 250 g/mol. The van der Waals surface area contributed by atoms with Gasteiger partial charge in [0.2, 0.25) is 0 Å². The van der Waals surface area contributed by atoms with E-state index in [0.717, 1.165) is 49.7 Å². The Kier molecular flexibility index (Phi) is 4.96. The first-order valence-corrected chi connectivity index (χ1v) is 6.71. The van der Waals surface area contributed by atoms with Crippen molar-refractivity contribution in [1.82, 2.24) is 10.3 Å². The lowest BCUT2D eigenvalue weighted by Crippen LogP contribution is -2.20. The predicted molar refractivity (Wildman–Crippen MR) is 70.8 cm³/mol. The maximum absolute atomic E-state index is 5.96. The summed E-state index contributed by atoms with van der Waals surface area (Å²) >= 11 is 0. The number of nitrogens with one attached hydrogen (secondary N) is 1. The van der Waals surface area contributed by atoms with Crippen LogP contribution in [0.1, 0.15) is 31.2 Å². The molecule has 1 N–H and O–H groups in total. The highest BCUT2D eigenvalue weighted by atomic mass is 16.5. The van der Waals surface area contributed by atoms with E-state index in [1.54, 1.807) is 0 Å². The Balaban J connectivity index is 2.02. The number of rotatable bonds is 6. The van der Waals surface area contributed by atoms with Gasteiger partial charge in [0.15, 0.2) is 0 Å². The normalized spacial score (nSPS) is 19.1. The molecule has 18 heavy (non-hydrogen) atoms. The highest BCUT2D eigenvalue weighted by Gasteiger charge is 2.18. The Morgan fingerprint density at radius 2 is 2.39 bits per heavy atom. The van der Waals surface area contributed by atoms with Gasteiger partial charge in [-0.2, -0.15) is 0 Å². The highest BCUT2D eigenvalue weighted by Crippen LogP contribution is 2.21. The van der Waals surface area contributed by atoms with Gasteiger partial charge in [0, 0.05) is 18.7 Å². The molecule has 1 aromatic rings.